The van der Waals surface area contributed by atoms with Crippen LogP contribution >= 0.6 is 0 Å². The van der Waals surface area contributed by atoms with Gasteiger partial charge in [0, 0.05) is 6.42 Å². The van der Waals surface area contributed by atoms with Crippen LogP contribution in [0.3, 0.4) is 0 Å². The summed E-state index contributed by atoms with van der Waals surface area (Å²) < 4.78 is 4.69. The lowest BCUT2D eigenvalue weighted by Gasteiger charge is -2.12. The van der Waals surface area contributed by atoms with Gasteiger partial charge < -0.3 is 19.8 Å². The zero-order valence-corrected chi connectivity index (χ0v) is 7.84. The Labute approximate surface area is 81.1 Å². The van der Waals surface area contributed by atoms with Crippen LogP contribution in [0.2, 0.25) is 0 Å². The predicted molar refractivity (Wildman–Crippen MR) is 46.7 cm³/mol. The van der Waals surface area contributed by atoms with Gasteiger partial charge in [0.2, 0.25) is 0 Å². The Hall–Kier alpha value is -1.14. The Bertz CT molecular complexity index is 240. The molecule has 6 heteroatoms. The van der Waals surface area contributed by atoms with Crippen molar-refractivity contribution in [1.29, 1.82) is 0 Å². The van der Waals surface area contributed by atoms with Crippen LogP contribution in [0, 0.1) is 0 Å². The van der Waals surface area contributed by atoms with E-state index in [0.29, 0.717) is 0 Å². The number of carbonyl (C=O) groups excluding carboxylic acids is 1. The van der Waals surface area contributed by atoms with Gasteiger partial charge in [0.1, 0.15) is 6.10 Å². The van der Waals surface area contributed by atoms with Crippen molar-refractivity contribution >= 4 is 11.7 Å². The van der Waals surface area contributed by atoms with E-state index in [0.717, 1.165) is 0 Å². The molecule has 1 aliphatic rings. The van der Waals surface area contributed by atoms with E-state index >= 15 is 0 Å². The molecule has 14 heavy (non-hydrogen) atoms. The van der Waals surface area contributed by atoms with E-state index in [9.17, 15) is 9.90 Å². The molecule has 0 spiro atoms. The summed E-state index contributed by atoms with van der Waals surface area (Å²) in [5.41, 5.74) is 0.143. The number of hydrogen-bond donors (Lipinski definition) is 2. The van der Waals surface area contributed by atoms with Gasteiger partial charge >= 0.3 is 5.97 Å². The molecule has 0 aromatic carbocycles. The second-order valence-corrected chi connectivity index (χ2v) is 2.86. The Morgan fingerprint density at radius 2 is 2.57 bits per heavy atom. The smallest absolute Gasteiger partial charge is 0.356 e. The maximum absolute atomic E-state index is 11.1. The fourth-order valence-electron chi connectivity index (χ4n) is 1.06. The highest BCUT2D eigenvalue weighted by Gasteiger charge is 2.31. The molecule has 6 nitrogen and oxygen atoms in total. The van der Waals surface area contributed by atoms with Crippen LogP contribution in [0.1, 0.15) is 13.3 Å². The molecule has 2 N–H and O–H groups in total. The minimum atomic E-state index is -1.02. The molecular weight excluding hydrogens is 190 g/mol. The van der Waals surface area contributed by atoms with Crippen molar-refractivity contribution in [3.05, 3.63) is 0 Å². The normalized spacial score (nSPS) is 22.5. The van der Waals surface area contributed by atoms with Crippen LogP contribution in [-0.4, -0.2) is 47.3 Å². The molecule has 0 unspecified atom stereocenters. The standard InChI is InChI=1S/C8H13NO5/c1-2-13-8(12)5-3-7(14-9-5)6(11)4-10/h6-7,10-11H,2-4H2,1H3/t6-,7-/m1/s1. The van der Waals surface area contributed by atoms with Crippen molar-refractivity contribution in [3.63, 3.8) is 0 Å². The maximum Gasteiger partial charge on any atom is 0.356 e. The number of oxime groups is 1. The number of aliphatic hydroxyl groups is 2. The van der Waals surface area contributed by atoms with E-state index in [1.165, 1.54) is 0 Å². The van der Waals surface area contributed by atoms with Gasteiger partial charge in [-0.3, -0.25) is 0 Å². The third kappa shape index (κ3) is 2.43. The number of aliphatic hydroxyl groups excluding tert-OH is 2. The van der Waals surface area contributed by atoms with Gasteiger partial charge in [-0.2, -0.15) is 0 Å². The second-order valence-electron chi connectivity index (χ2n) is 2.86. The quantitative estimate of drug-likeness (QED) is 0.575. The molecular formula is C8H13NO5. The lowest BCUT2D eigenvalue weighted by Crippen LogP contribution is -2.30. The van der Waals surface area contributed by atoms with E-state index in [-0.39, 0.29) is 18.7 Å². The Morgan fingerprint density at radius 1 is 1.86 bits per heavy atom. The van der Waals surface area contributed by atoms with Gasteiger partial charge in [0.05, 0.1) is 13.2 Å². The molecule has 0 radical (unpaired) electrons. The first-order chi connectivity index (χ1) is 6.69. The third-order valence-electron chi connectivity index (χ3n) is 1.82. The summed E-state index contributed by atoms with van der Waals surface area (Å²) >= 11 is 0. The Kier molecular flexibility index (Phi) is 3.84. The fourth-order valence-corrected chi connectivity index (χ4v) is 1.06. The highest BCUT2D eigenvalue weighted by molar-refractivity contribution is 6.36. The summed E-state index contributed by atoms with van der Waals surface area (Å²) in [6.07, 6.45) is -1.51. The third-order valence-corrected chi connectivity index (χ3v) is 1.82. The zero-order valence-electron chi connectivity index (χ0n) is 7.84. The summed E-state index contributed by atoms with van der Waals surface area (Å²) in [6, 6.07) is 0. The van der Waals surface area contributed by atoms with Crippen molar-refractivity contribution in [1.82, 2.24) is 0 Å². The van der Waals surface area contributed by atoms with Gasteiger partial charge in [-0.25, -0.2) is 4.79 Å². The summed E-state index contributed by atoms with van der Waals surface area (Å²) in [4.78, 5) is 15.9. The molecule has 0 amide bonds. The maximum atomic E-state index is 11.1. The van der Waals surface area contributed by atoms with Crippen molar-refractivity contribution in [2.24, 2.45) is 5.16 Å². The lowest BCUT2D eigenvalue weighted by molar-refractivity contribution is -0.135. The van der Waals surface area contributed by atoms with Crippen LogP contribution in [-0.2, 0) is 14.4 Å². The Morgan fingerprint density at radius 3 is 3.14 bits per heavy atom. The molecule has 0 aromatic heterocycles. The molecule has 0 saturated heterocycles. The van der Waals surface area contributed by atoms with Gasteiger partial charge in [-0.05, 0) is 6.92 Å². The summed E-state index contributed by atoms with van der Waals surface area (Å²) in [7, 11) is 0. The highest BCUT2D eigenvalue weighted by atomic mass is 16.7. The number of esters is 1. The van der Waals surface area contributed by atoms with Crippen LogP contribution in [0.15, 0.2) is 5.16 Å². The fraction of sp³-hybridized carbons (Fsp3) is 0.750. The van der Waals surface area contributed by atoms with E-state index in [2.05, 4.69) is 5.16 Å². The average molecular weight is 203 g/mol. The van der Waals surface area contributed by atoms with Crippen molar-refractivity contribution in [2.45, 2.75) is 25.6 Å². The minimum Gasteiger partial charge on any atom is -0.461 e. The first-order valence-electron chi connectivity index (χ1n) is 4.37. The Balaban J connectivity index is 2.43. The van der Waals surface area contributed by atoms with Crippen LogP contribution < -0.4 is 0 Å². The predicted octanol–water partition coefficient (Wildman–Crippen LogP) is -0.952. The first-order valence-corrected chi connectivity index (χ1v) is 4.37. The number of rotatable bonds is 4. The minimum absolute atomic E-state index is 0.143. The first kappa shape index (κ1) is 10.9. The van der Waals surface area contributed by atoms with Crippen LogP contribution in [0.5, 0.6) is 0 Å². The molecule has 0 fully saturated rings. The molecule has 0 aromatic rings. The van der Waals surface area contributed by atoms with Crippen LogP contribution in [0.4, 0.5) is 0 Å². The van der Waals surface area contributed by atoms with Crippen molar-refractivity contribution < 1.29 is 24.6 Å². The van der Waals surface area contributed by atoms with Crippen molar-refractivity contribution in [2.75, 3.05) is 13.2 Å². The number of hydrogen-bond acceptors (Lipinski definition) is 6. The lowest BCUT2D eigenvalue weighted by atomic mass is 10.1. The topological polar surface area (TPSA) is 88.4 Å². The molecule has 0 bridgehead atoms. The van der Waals surface area contributed by atoms with E-state index in [1.807, 2.05) is 0 Å². The molecule has 0 saturated carbocycles. The molecule has 0 aliphatic carbocycles. The van der Waals surface area contributed by atoms with Gasteiger partial charge in [0.15, 0.2) is 11.8 Å². The summed E-state index contributed by atoms with van der Waals surface area (Å²) in [5.74, 6) is -0.542. The zero-order chi connectivity index (χ0) is 10.6. The molecule has 1 heterocycles. The van der Waals surface area contributed by atoms with Gasteiger partial charge in [0.25, 0.3) is 0 Å². The largest absolute Gasteiger partial charge is 0.461 e. The van der Waals surface area contributed by atoms with E-state index in [1.54, 1.807) is 6.92 Å². The van der Waals surface area contributed by atoms with Crippen molar-refractivity contribution in [3.8, 4) is 0 Å². The molecule has 1 aliphatic heterocycles. The average Bonchev–Trinajstić information content (AvgIpc) is 2.66. The molecule has 2 atom stereocenters. The second kappa shape index (κ2) is 4.92. The monoisotopic (exact) mass is 203 g/mol. The van der Waals surface area contributed by atoms with Gasteiger partial charge in [-0.1, -0.05) is 5.16 Å². The SMILES string of the molecule is CCOC(=O)C1=NO[C@@H]([C@H](O)CO)C1. The highest BCUT2D eigenvalue weighted by Crippen LogP contribution is 2.14. The van der Waals surface area contributed by atoms with E-state index < -0.39 is 24.8 Å². The summed E-state index contributed by atoms with van der Waals surface area (Å²) in [5, 5.41) is 21.3. The van der Waals surface area contributed by atoms with Crippen LogP contribution in [0.25, 0.3) is 0 Å². The number of carbonyl (C=O) groups is 1. The van der Waals surface area contributed by atoms with Gasteiger partial charge in [-0.15, -0.1) is 0 Å². The molecule has 1 rings (SSSR count). The number of ether oxygens (including phenoxy) is 1. The number of nitrogens with zero attached hydrogens (tertiary/aromatic N) is 1. The molecule has 80 valence electrons. The summed E-state index contributed by atoms with van der Waals surface area (Å²) in [6.45, 7) is 1.54. The van der Waals surface area contributed by atoms with E-state index in [4.69, 9.17) is 14.7 Å².